The summed E-state index contributed by atoms with van der Waals surface area (Å²) >= 11 is 0. The van der Waals surface area contributed by atoms with E-state index in [2.05, 4.69) is 10.6 Å². The first kappa shape index (κ1) is 24.8. The second-order valence-electron chi connectivity index (χ2n) is 8.58. The average Bonchev–Trinajstić information content (AvgIpc) is 3.50. The van der Waals surface area contributed by atoms with Crippen LogP contribution in [0, 0.1) is 0 Å². The Labute approximate surface area is 205 Å². The molecule has 1 atom stereocenters. The molecule has 10 nitrogen and oxygen atoms in total. The van der Waals surface area contributed by atoms with Crippen molar-refractivity contribution in [1.82, 2.24) is 10.2 Å². The van der Waals surface area contributed by atoms with Crippen LogP contribution in [0.3, 0.4) is 0 Å². The maximum atomic E-state index is 12.9. The second-order valence-corrected chi connectivity index (χ2v) is 10.0. The molecule has 11 heteroatoms. The largest absolute Gasteiger partial charge is 0.467 e. The van der Waals surface area contributed by atoms with Gasteiger partial charge in [0.05, 0.1) is 12.8 Å². The second kappa shape index (κ2) is 11.9. The van der Waals surface area contributed by atoms with E-state index in [1.165, 1.54) is 17.6 Å². The van der Waals surface area contributed by atoms with E-state index in [-0.39, 0.29) is 43.3 Å². The summed E-state index contributed by atoms with van der Waals surface area (Å²) in [5.74, 6) is -0.384. The smallest absolute Gasteiger partial charge is 0.239 e. The highest BCUT2D eigenvalue weighted by Gasteiger charge is 2.24. The molecule has 1 saturated carbocycles. The molecule has 35 heavy (non-hydrogen) atoms. The minimum Gasteiger partial charge on any atom is -0.467 e. The van der Waals surface area contributed by atoms with Crippen LogP contribution in [-0.4, -0.2) is 57.7 Å². The van der Waals surface area contributed by atoms with Crippen LogP contribution in [0.25, 0.3) is 0 Å². The fourth-order valence-electron chi connectivity index (χ4n) is 4.11. The third-order valence-electron chi connectivity index (χ3n) is 5.82. The highest BCUT2D eigenvalue weighted by molar-refractivity contribution is 7.86. The Balaban J connectivity index is 1.30. The summed E-state index contributed by atoms with van der Waals surface area (Å²) in [6, 6.07) is 8.45. The van der Waals surface area contributed by atoms with Gasteiger partial charge >= 0.3 is 0 Å². The molecule has 1 aliphatic carbocycles. The Morgan fingerprint density at radius 1 is 1.00 bits per heavy atom. The van der Waals surface area contributed by atoms with Crippen molar-refractivity contribution in [2.45, 2.75) is 44.7 Å². The molecule has 1 aromatic heterocycles. The zero-order valence-electron chi connectivity index (χ0n) is 19.3. The SMILES string of the molecule is O=C(C[S@@](=O)CC(=O)N(CC(=O)NC1CCCCC1)Cc1ccco1)Nc1ccc2c(c1)OCO2. The molecule has 2 aliphatic rings. The van der Waals surface area contributed by atoms with Crippen molar-refractivity contribution >= 4 is 34.2 Å². The van der Waals surface area contributed by atoms with Crippen LogP contribution in [0.2, 0.25) is 0 Å². The molecule has 0 saturated heterocycles. The van der Waals surface area contributed by atoms with E-state index in [4.69, 9.17) is 13.9 Å². The summed E-state index contributed by atoms with van der Waals surface area (Å²) in [5, 5.41) is 5.64. The first-order valence-corrected chi connectivity index (χ1v) is 13.1. The standard InChI is InChI=1S/C24H29N3O7S/c28-22(25-17-5-2-1-3-6-17)13-27(12-19-7-4-10-32-19)24(30)15-35(31)14-23(29)26-18-8-9-20-21(11-18)34-16-33-20/h4,7-11,17H,1-3,5-6,12-16H2,(H,25,28)(H,26,29)/t35-/m1/s1. The number of fused-ring (bicyclic) bond motifs is 1. The van der Waals surface area contributed by atoms with Gasteiger partial charge in [-0.2, -0.15) is 0 Å². The molecular formula is C24H29N3O7S. The topological polar surface area (TPSA) is 127 Å². The quantitative estimate of drug-likeness (QED) is 0.509. The van der Waals surface area contributed by atoms with Gasteiger partial charge in [-0.25, -0.2) is 0 Å². The van der Waals surface area contributed by atoms with Gasteiger partial charge in [-0.3, -0.25) is 18.6 Å². The molecule has 4 rings (SSSR count). The predicted octanol–water partition coefficient (Wildman–Crippen LogP) is 2.17. The molecule has 2 heterocycles. The molecule has 3 amide bonds. The third-order valence-corrected chi connectivity index (χ3v) is 6.97. The number of hydrogen-bond acceptors (Lipinski definition) is 7. The van der Waals surface area contributed by atoms with E-state index in [9.17, 15) is 18.6 Å². The summed E-state index contributed by atoms with van der Waals surface area (Å²) in [7, 11) is -1.76. The molecule has 1 fully saturated rings. The summed E-state index contributed by atoms with van der Waals surface area (Å²) in [6.45, 7) is 0.0210. The average molecular weight is 504 g/mol. The summed E-state index contributed by atoms with van der Waals surface area (Å²) in [5.41, 5.74) is 0.474. The van der Waals surface area contributed by atoms with Gasteiger partial charge in [-0.15, -0.1) is 0 Å². The van der Waals surface area contributed by atoms with E-state index in [0.29, 0.717) is 22.9 Å². The molecular weight excluding hydrogens is 474 g/mol. The number of nitrogens with zero attached hydrogens (tertiary/aromatic N) is 1. The fraction of sp³-hybridized carbons (Fsp3) is 0.458. The zero-order valence-corrected chi connectivity index (χ0v) is 20.1. The summed E-state index contributed by atoms with van der Waals surface area (Å²) in [6.07, 6.45) is 6.67. The first-order valence-electron chi connectivity index (χ1n) is 11.6. The fourth-order valence-corrected chi connectivity index (χ4v) is 5.04. The number of nitrogens with one attached hydrogen (secondary N) is 2. The van der Waals surface area contributed by atoms with Crippen molar-refractivity contribution in [3.8, 4) is 11.5 Å². The van der Waals surface area contributed by atoms with Gasteiger partial charge in [0.25, 0.3) is 0 Å². The maximum Gasteiger partial charge on any atom is 0.239 e. The van der Waals surface area contributed by atoms with E-state index in [0.717, 1.165) is 25.7 Å². The monoisotopic (exact) mass is 503 g/mol. The molecule has 1 aliphatic heterocycles. The van der Waals surface area contributed by atoms with Crippen molar-refractivity contribution in [2.24, 2.45) is 0 Å². The van der Waals surface area contributed by atoms with Crippen LogP contribution in [0.1, 0.15) is 37.9 Å². The van der Waals surface area contributed by atoms with Gasteiger partial charge in [0.2, 0.25) is 24.5 Å². The van der Waals surface area contributed by atoms with Crippen LogP contribution >= 0.6 is 0 Å². The van der Waals surface area contributed by atoms with Crippen molar-refractivity contribution in [3.63, 3.8) is 0 Å². The van der Waals surface area contributed by atoms with Crippen molar-refractivity contribution in [2.75, 3.05) is 30.2 Å². The lowest BCUT2D eigenvalue weighted by Gasteiger charge is -2.25. The van der Waals surface area contributed by atoms with E-state index in [1.807, 2.05) is 0 Å². The number of carbonyl (C=O) groups is 3. The molecule has 0 radical (unpaired) electrons. The Bertz CT molecular complexity index is 1070. The normalized spacial score (nSPS) is 15.9. The Morgan fingerprint density at radius 2 is 1.80 bits per heavy atom. The highest BCUT2D eigenvalue weighted by Crippen LogP contribution is 2.34. The van der Waals surface area contributed by atoms with Gasteiger partial charge in [0.15, 0.2) is 11.5 Å². The van der Waals surface area contributed by atoms with Crippen LogP contribution in [0.5, 0.6) is 11.5 Å². The molecule has 0 bridgehead atoms. The number of rotatable bonds is 10. The number of benzene rings is 1. The van der Waals surface area contributed by atoms with E-state index < -0.39 is 22.6 Å². The lowest BCUT2D eigenvalue weighted by molar-refractivity contribution is -0.135. The number of anilines is 1. The molecule has 0 spiro atoms. The van der Waals surface area contributed by atoms with Crippen LogP contribution < -0.4 is 20.1 Å². The third kappa shape index (κ3) is 7.32. The first-order chi connectivity index (χ1) is 17.0. The van der Waals surface area contributed by atoms with Crippen molar-refractivity contribution in [3.05, 3.63) is 42.4 Å². The Kier molecular flexibility index (Phi) is 8.40. The Hall–Kier alpha value is -3.34. The molecule has 1 aromatic carbocycles. The number of furan rings is 1. The lowest BCUT2D eigenvalue weighted by Crippen LogP contribution is -2.45. The Morgan fingerprint density at radius 3 is 2.57 bits per heavy atom. The van der Waals surface area contributed by atoms with Crippen LogP contribution in [0.4, 0.5) is 5.69 Å². The number of hydrogen-bond donors (Lipinski definition) is 2. The molecule has 188 valence electrons. The molecule has 2 aromatic rings. The molecule has 2 N–H and O–H groups in total. The highest BCUT2D eigenvalue weighted by atomic mass is 32.2. The van der Waals surface area contributed by atoms with E-state index >= 15 is 0 Å². The number of amides is 3. The summed E-state index contributed by atoms with van der Waals surface area (Å²) < 4.78 is 28.4. The minimum absolute atomic E-state index is 0.0739. The van der Waals surface area contributed by atoms with Gasteiger partial charge < -0.3 is 29.4 Å². The van der Waals surface area contributed by atoms with Crippen molar-refractivity contribution < 1.29 is 32.5 Å². The van der Waals surface area contributed by atoms with E-state index in [1.54, 1.807) is 30.3 Å². The van der Waals surface area contributed by atoms with Crippen molar-refractivity contribution in [1.29, 1.82) is 0 Å². The number of ether oxygens (including phenoxy) is 2. The zero-order chi connectivity index (χ0) is 24.6. The minimum atomic E-state index is -1.76. The van der Waals surface area contributed by atoms with Gasteiger partial charge in [0.1, 0.15) is 23.8 Å². The number of carbonyl (C=O) groups excluding carboxylic acids is 3. The predicted molar refractivity (Wildman–Crippen MR) is 128 cm³/mol. The van der Waals surface area contributed by atoms with Gasteiger partial charge in [0, 0.05) is 28.6 Å². The molecule has 0 unspecified atom stereocenters. The summed E-state index contributed by atoms with van der Waals surface area (Å²) in [4.78, 5) is 39.2. The van der Waals surface area contributed by atoms with Gasteiger partial charge in [-0.05, 0) is 37.1 Å². The van der Waals surface area contributed by atoms with Crippen LogP contribution in [0.15, 0.2) is 41.0 Å². The lowest BCUT2D eigenvalue weighted by atomic mass is 9.95. The maximum absolute atomic E-state index is 12.9. The van der Waals surface area contributed by atoms with Crippen LogP contribution in [-0.2, 0) is 31.7 Å². The van der Waals surface area contributed by atoms with Gasteiger partial charge in [-0.1, -0.05) is 19.3 Å².